The average Bonchev–Trinajstić information content (AvgIpc) is 2.25. The zero-order valence-corrected chi connectivity index (χ0v) is 10.6. The van der Waals surface area contributed by atoms with Gasteiger partial charge in [-0.15, -0.1) is 0 Å². The van der Waals surface area contributed by atoms with Crippen LogP contribution >= 0.6 is 11.6 Å². The van der Waals surface area contributed by atoms with Crippen LogP contribution in [0.1, 0.15) is 18.4 Å². The molecule has 0 aromatic heterocycles. The Labute approximate surface area is 113 Å². The summed E-state index contributed by atoms with van der Waals surface area (Å²) < 4.78 is 36.9. The lowest BCUT2D eigenvalue weighted by atomic mass is 10.0. The number of hydrogen-bond acceptors (Lipinski definition) is 1. The maximum Gasteiger partial charge on any atom is 0.392 e. The molecule has 0 saturated carbocycles. The van der Waals surface area contributed by atoms with Gasteiger partial charge in [-0.3, -0.25) is 0 Å². The Kier molecular flexibility index (Phi) is 5.42. The highest BCUT2D eigenvalue weighted by atomic mass is 35.5. The summed E-state index contributed by atoms with van der Waals surface area (Å²) in [4.78, 5) is 10.5. The van der Waals surface area contributed by atoms with Crippen LogP contribution in [-0.4, -0.2) is 17.3 Å². The number of benzene rings is 1. The smallest absolute Gasteiger partial charge is 0.392 e. The van der Waals surface area contributed by atoms with Crippen molar-refractivity contribution in [2.24, 2.45) is 0 Å². The standard InChI is InChI=1S/C13H12ClF3O2/c14-11-5-3-9(4-6-11)1-2-10(7-12(18)19)8-13(15,16)17/h3-7H,1-2,8H2,(H,18,19)/b10-7-. The first-order valence-electron chi connectivity index (χ1n) is 5.50. The van der Waals surface area contributed by atoms with Gasteiger partial charge in [0.2, 0.25) is 0 Å². The van der Waals surface area contributed by atoms with Crippen LogP contribution in [0.3, 0.4) is 0 Å². The summed E-state index contributed by atoms with van der Waals surface area (Å²) >= 11 is 5.69. The molecule has 0 heterocycles. The number of carboxylic acid groups (broad SMARTS) is 1. The number of hydrogen-bond donors (Lipinski definition) is 1. The maximum absolute atomic E-state index is 12.3. The zero-order valence-electron chi connectivity index (χ0n) is 9.88. The van der Waals surface area contributed by atoms with E-state index in [1.807, 2.05) is 0 Å². The fourth-order valence-corrected chi connectivity index (χ4v) is 1.73. The molecular weight excluding hydrogens is 281 g/mol. The lowest BCUT2D eigenvalue weighted by Gasteiger charge is -2.10. The molecule has 6 heteroatoms. The fraction of sp³-hybridized carbons (Fsp3) is 0.308. The molecule has 0 amide bonds. The second-order valence-corrected chi connectivity index (χ2v) is 4.50. The van der Waals surface area contributed by atoms with Crippen molar-refractivity contribution in [3.05, 3.63) is 46.5 Å². The minimum atomic E-state index is -4.40. The summed E-state index contributed by atoms with van der Waals surface area (Å²) in [6.45, 7) is 0. The Bertz CT molecular complexity index is 464. The molecule has 0 fully saturated rings. The van der Waals surface area contributed by atoms with Crippen molar-refractivity contribution in [2.75, 3.05) is 0 Å². The second-order valence-electron chi connectivity index (χ2n) is 4.06. The fourth-order valence-electron chi connectivity index (χ4n) is 1.60. The molecule has 0 aliphatic rings. The minimum Gasteiger partial charge on any atom is -0.478 e. The largest absolute Gasteiger partial charge is 0.478 e. The monoisotopic (exact) mass is 292 g/mol. The highest BCUT2D eigenvalue weighted by Gasteiger charge is 2.28. The Morgan fingerprint density at radius 1 is 1.26 bits per heavy atom. The van der Waals surface area contributed by atoms with E-state index in [0.29, 0.717) is 17.5 Å². The summed E-state index contributed by atoms with van der Waals surface area (Å²) in [5.41, 5.74) is 0.665. The average molecular weight is 293 g/mol. The highest BCUT2D eigenvalue weighted by Crippen LogP contribution is 2.27. The Hall–Kier alpha value is -1.49. The van der Waals surface area contributed by atoms with E-state index in [1.165, 1.54) is 0 Å². The van der Waals surface area contributed by atoms with Gasteiger partial charge in [0.05, 0.1) is 6.42 Å². The SMILES string of the molecule is O=C(O)/C=C(/CCc1ccc(Cl)cc1)CC(F)(F)F. The van der Waals surface area contributed by atoms with Crippen LogP contribution in [0.2, 0.25) is 5.02 Å². The summed E-state index contributed by atoms with van der Waals surface area (Å²) in [6.07, 6.45) is -4.59. The van der Waals surface area contributed by atoms with Gasteiger partial charge in [0, 0.05) is 11.1 Å². The number of aryl methyl sites for hydroxylation is 1. The zero-order chi connectivity index (χ0) is 14.5. The topological polar surface area (TPSA) is 37.3 Å². The number of carboxylic acids is 1. The Morgan fingerprint density at radius 3 is 2.32 bits per heavy atom. The van der Waals surface area contributed by atoms with Crippen LogP contribution in [0, 0.1) is 0 Å². The summed E-state index contributed by atoms with van der Waals surface area (Å²) in [7, 11) is 0. The van der Waals surface area contributed by atoms with Gasteiger partial charge >= 0.3 is 12.1 Å². The molecule has 1 N–H and O–H groups in total. The van der Waals surface area contributed by atoms with Crippen molar-refractivity contribution in [1.82, 2.24) is 0 Å². The van der Waals surface area contributed by atoms with Crippen molar-refractivity contribution in [1.29, 1.82) is 0 Å². The van der Waals surface area contributed by atoms with Gasteiger partial charge in [-0.1, -0.05) is 29.3 Å². The molecule has 0 unspecified atom stereocenters. The van der Waals surface area contributed by atoms with E-state index in [2.05, 4.69) is 0 Å². The van der Waals surface area contributed by atoms with Crippen LogP contribution in [0.5, 0.6) is 0 Å². The van der Waals surface area contributed by atoms with Gasteiger partial charge < -0.3 is 5.11 Å². The molecule has 19 heavy (non-hydrogen) atoms. The molecule has 0 bridgehead atoms. The van der Waals surface area contributed by atoms with E-state index in [4.69, 9.17) is 16.7 Å². The number of aliphatic carboxylic acids is 1. The first-order chi connectivity index (χ1) is 8.76. The molecule has 0 aliphatic carbocycles. The number of halogens is 4. The molecule has 2 nitrogen and oxygen atoms in total. The summed E-state index contributed by atoms with van der Waals surface area (Å²) in [5, 5.41) is 9.10. The van der Waals surface area contributed by atoms with Gasteiger partial charge in [-0.25, -0.2) is 4.79 Å². The van der Waals surface area contributed by atoms with E-state index in [0.717, 1.165) is 5.56 Å². The third-order valence-electron chi connectivity index (χ3n) is 2.40. The Balaban J connectivity index is 2.68. The van der Waals surface area contributed by atoms with Crippen molar-refractivity contribution < 1.29 is 23.1 Å². The number of rotatable bonds is 5. The predicted octanol–water partition coefficient (Wildman–Crippen LogP) is 4.24. The molecule has 0 saturated heterocycles. The highest BCUT2D eigenvalue weighted by molar-refractivity contribution is 6.30. The van der Waals surface area contributed by atoms with E-state index in [-0.39, 0.29) is 12.0 Å². The molecule has 1 rings (SSSR count). The van der Waals surface area contributed by atoms with E-state index < -0.39 is 18.6 Å². The maximum atomic E-state index is 12.3. The van der Waals surface area contributed by atoms with Gasteiger partial charge in [0.15, 0.2) is 0 Å². The molecular formula is C13H12ClF3O2. The molecule has 104 valence electrons. The summed E-state index contributed by atoms with van der Waals surface area (Å²) in [5.74, 6) is -1.37. The number of allylic oxidation sites excluding steroid dienone is 1. The first-order valence-corrected chi connectivity index (χ1v) is 5.87. The minimum absolute atomic E-state index is 0.0490. The summed E-state index contributed by atoms with van der Waals surface area (Å²) in [6, 6.07) is 6.69. The van der Waals surface area contributed by atoms with Crippen molar-refractivity contribution >= 4 is 17.6 Å². The van der Waals surface area contributed by atoms with Crippen LogP contribution < -0.4 is 0 Å². The van der Waals surface area contributed by atoms with Gasteiger partial charge in [0.1, 0.15) is 0 Å². The molecule has 0 atom stereocenters. The third-order valence-corrected chi connectivity index (χ3v) is 2.66. The normalized spacial score (nSPS) is 12.5. The van der Waals surface area contributed by atoms with Crippen molar-refractivity contribution in [3.8, 4) is 0 Å². The van der Waals surface area contributed by atoms with E-state index in [9.17, 15) is 18.0 Å². The van der Waals surface area contributed by atoms with Crippen LogP contribution in [-0.2, 0) is 11.2 Å². The first kappa shape index (κ1) is 15.6. The lowest BCUT2D eigenvalue weighted by molar-refractivity contribution is -0.132. The van der Waals surface area contributed by atoms with Crippen LogP contribution in [0.4, 0.5) is 13.2 Å². The quantitative estimate of drug-likeness (QED) is 0.824. The van der Waals surface area contributed by atoms with Gasteiger partial charge in [-0.2, -0.15) is 13.2 Å². The van der Waals surface area contributed by atoms with Crippen molar-refractivity contribution in [2.45, 2.75) is 25.4 Å². The molecule has 1 aromatic carbocycles. The molecule has 0 radical (unpaired) electrons. The van der Waals surface area contributed by atoms with Crippen molar-refractivity contribution in [3.63, 3.8) is 0 Å². The third kappa shape index (κ3) is 6.86. The number of alkyl halides is 3. The Morgan fingerprint density at radius 2 is 1.84 bits per heavy atom. The molecule has 0 spiro atoms. The predicted molar refractivity (Wildman–Crippen MR) is 66.2 cm³/mol. The van der Waals surface area contributed by atoms with Crippen LogP contribution in [0.15, 0.2) is 35.9 Å². The van der Waals surface area contributed by atoms with Gasteiger partial charge in [0.25, 0.3) is 0 Å². The van der Waals surface area contributed by atoms with Crippen LogP contribution in [0.25, 0.3) is 0 Å². The lowest BCUT2D eigenvalue weighted by Crippen LogP contribution is -2.10. The molecule has 1 aromatic rings. The van der Waals surface area contributed by atoms with E-state index >= 15 is 0 Å². The van der Waals surface area contributed by atoms with E-state index in [1.54, 1.807) is 24.3 Å². The molecule has 0 aliphatic heterocycles. The second kappa shape index (κ2) is 6.61. The number of carbonyl (C=O) groups is 1. The van der Waals surface area contributed by atoms with Gasteiger partial charge in [-0.05, 0) is 30.5 Å².